The Bertz CT molecular complexity index is 1140. The smallest absolute Gasteiger partial charge is 0.341 e. The molecule has 2 aliphatic carbocycles. The van der Waals surface area contributed by atoms with Gasteiger partial charge >= 0.3 is 5.97 Å². The van der Waals surface area contributed by atoms with Crippen LogP contribution in [0.4, 0.5) is 0 Å². The van der Waals surface area contributed by atoms with Gasteiger partial charge in [-0.3, -0.25) is 9.59 Å². The average Bonchev–Trinajstić information content (AvgIpc) is 2.97. The maximum atomic E-state index is 13.5. The third-order valence-electron chi connectivity index (χ3n) is 5.83. The van der Waals surface area contributed by atoms with Crippen molar-refractivity contribution in [1.82, 2.24) is 4.57 Å². The molecular formula is C27H33NO5. The number of Topliss-reactive ketones (excluding diaryl/α,β-unsaturated/α-hetero) is 2. The lowest BCUT2D eigenvalue weighted by Crippen LogP contribution is -2.35. The van der Waals surface area contributed by atoms with E-state index in [2.05, 4.69) is 28.9 Å². The summed E-state index contributed by atoms with van der Waals surface area (Å²) in [7, 11) is 0. The maximum absolute atomic E-state index is 13.5. The summed E-state index contributed by atoms with van der Waals surface area (Å²) in [5, 5.41) is 10.6. The van der Waals surface area contributed by atoms with Gasteiger partial charge in [0.1, 0.15) is 5.76 Å². The van der Waals surface area contributed by atoms with Gasteiger partial charge < -0.3 is 14.4 Å². The van der Waals surface area contributed by atoms with Gasteiger partial charge in [0.2, 0.25) is 11.6 Å². The van der Waals surface area contributed by atoms with Gasteiger partial charge in [-0.05, 0) is 37.2 Å². The molecule has 6 nitrogen and oxygen atoms in total. The number of ketones is 2. The topological polar surface area (TPSA) is 85.6 Å². The van der Waals surface area contributed by atoms with Gasteiger partial charge in [-0.25, -0.2) is 4.79 Å². The van der Waals surface area contributed by atoms with E-state index in [4.69, 9.17) is 4.74 Å². The van der Waals surface area contributed by atoms with E-state index >= 15 is 0 Å². The van der Waals surface area contributed by atoms with Crippen LogP contribution >= 0.6 is 0 Å². The fourth-order valence-corrected chi connectivity index (χ4v) is 4.42. The Morgan fingerprint density at radius 3 is 2.67 bits per heavy atom. The molecule has 33 heavy (non-hydrogen) atoms. The van der Waals surface area contributed by atoms with E-state index in [9.17, 15) is 19.5 Å². The highest BCUT2D eigenvalue weighted by atomic mass is 16.5. The Labute approximate surface area is 194 Å². The zero-order valence-electron chi connectivity index (χ0n) is 19.7. The summed E-state index contributed by atoms with van der Waals surface area (Å²) in [6.07, 6.45) is 16.1. The maximum Gasteiger partial charge on any atom is 0.341 e. The number of hydrogen-bond acceptors (Lipinski definition) is 4. The summed E-state index contributed by atoms with van der Waals surface area (Å²) < 4.78 is 7.82. The summed E-state index contributed by atoms with van der Waals surface area (Å²) in [5.41, 5.74) is 2.29. The van der Waals surface area contributed by atoms with Crippen LogP contribution in [-0.2, 0) is 27.3 Å². The molecule has 6 heteroatoms. The molecule has 1 heterocycles. The molecule has 0 unspecified atom stereocenters. The number of carboxylic acids is 1. The van der Waals surface area contributed by atoms with Crippen LogP contribution in [0, 0.1) is 5.92 Å². The first-order chi connectivity index (χ1) is 15.8. The van der Waals surface area contributed by atoms with E-state index in [0.29, 0.717) is 35.9 Å². The van der Waals surface area contributed by atoms with Crippen LogP contribution < -0.4 is 10.6 Å². The molecule has 1 aromatic heterocycles. The molecule has 0 fully saturated rings. The van der Waals surface area contributed by atoms with Gasteiger partial charge in [-0.15, -0.1) is 0 Å². The largest absolute Gasteiger partial charge is 0.486 e. The molecule has 0 amide bonds. The third-order valence-corrected chi connectivity index (χ3v) is 5.83. The second-order valence-electron chi connectivity index (χ2n) is 8.88. The van der Waals surface area contributed by atoms with E-state index in [1.807, 2.05) is 32.9 Å². The molecule has 0 saturated heterocycles. The minimum absolute atomic E-state index is 0.0688. The lowest BCUT2D eigenvalue weighted by atomic mass is 9.97. The lowest BCUT2D eigenvalue weighted by molar-refractivity contribution is -0.140. The van der Waals surface area contributed by atoms with Crippen LogP contribution in [0.1, 0.15) is 68.9 Å². The van der Waals surface area contributed by atoms with Crippen molar-refractivity contribution in [3.63, 3.8) is 0 Å². The first-order valence-electron chi connectivity index (χ1n) is 11.7. The van der Waals surface area contributed by atoms with Gasteiger partial charge in [-0.2, -0.15) is 0 Å². The molecule has 176 valence electrons. The van der Waals surface area contributed by atoms with Crippen LogP contribution in [0.15, 0.2) is 36.0 Å². The van der Waals surface area contributed by atoms with Crippen molar-refractivity contribution in [2.45, 2.75) is 65.8 Å². The number of aromatic nitrogens is 1. The van der Waals surface area contributed by atoms with Gasteiger partial charge in [0.25, 0.3) is 0 Å². The fraction of sp³-hybridized carbons (Fsp3) is 0.444. The van der Waals surface area contributed by atoms with E-state index in [1.54, 1.807) is 0 Å². The average molecular weight is 452 g/mol. The molecule has 0 bridgehead atoms. The van der Waals surface area contributed by atoms with Crippen LogP contribution in [0.25, 0.3) is 11.8 Å². The summed E-state index contributed by atoms with van der Waals surface area (Å²) in [6.45, 7) is 5.90. The number of carboxylic acid groups (broad SMARTS) is 1. The zero-order chi connectivity index (χ0) is 24.0. The minimum Gasteiger partial charge on any atom is -0.486 e. The van der Waals surface area contributed by atoms with E-state index in [-0.39, 0.29) is 12.3 Å². The third kappa shape index (κ3) is 5.81. The summed E-state index contributed by atoms with van der Waals surface area (Å²) >= 11 is 0. The number of carbonyl (C=O) groups excluding carboxylic acids is 2. The summed E-state index contributed by atoms with van der Waals surface area (Å²) in [5.74, 6) is -1.44. The van der Waals surface area contributed by atoms with Crippen molar-refractivity contribution >= 4 is 29.4 Å². The monoisotopic (exact) mass is 451 g/mol. The number of rotatable bonds is 10. The molecule has 0 radical (unpaired) electrons. The van der Waals surface area contributed by atoms with Crippen molar-refractivity contribution in [3.8, 4) is 0 Å². The Morgan fingerprint density at radius 2 is 1.97 bits per heavy atom. The zero-order valence-corrected chi connectivity index (χ0v) is 19.7. The summed E-state index contributed by atoms with van der Waals surface area (Å²) in [6, 6.07) is 0. The summed E-state index contributed by atoms with van der Waals surface area (Å²) in [4.78, 5) is 37.6. The van der Waals surface area contributed by atoms with Gasteiger partial charge in [0, 0.05) is 35.6 Å². The number of nitrogens with zero attached hydrogens (tertiary/aromatic N) is 1. The second-order valence-corrected chi connectivity index (χ2v) is 8.88. The SMILES string of the molecule is CCc1c(C(=O)C(=O)CC(C)C)c2c(n1CC1=CCC=CC=C1)=CCCCC=2OCC(=O)O. The number of allylic oxidation sites excluding steroid dienone is 6. The van der Waals surface area contributed by atoms with E-state index in [1.165, 1.54) is 0 Å². The fourth-order valence-electron chi connectivity index (χ4n) is 4.42. The molecular weight excluding hydrogens is 418 g/mol. The predicted octanol–water partition coefficient (Wildman–Crippen LogP) is 3.46. The van der Waals surface area contributed by atoms with Crippen molar-refractivity contribution in [3.05, 3.63) is 57.8 Å². The second kappa shape index (κ2) is 11.1. The number of fused-ring (bicyclic) bond motifs is 1. The molecule has 0 saturated carbocycles. The van der Waals surface area contributed by atoms with Crippen LogP contribution in [0.3, 0.4) is 0 Å². The standard InChI is InChI=1S/C27H33NO5/c1-4-20-26(27(32)22(29)15-18(2)3)25-21(13-9-10-14-23(25)33-17-24(30)31)28(20)16-19-11-7-5-6-8-12-19/h5-7,11-13,18H,4,8-10,14-17H2,1-3H3,(H,30,31). The molecule has 1 aromatic rings. The number of hydrogen-bond donors (Lipinski definition) is 1. The van der Waals surface area contributed by atoms with Gasteiger partial charge in [0.05, 0.1) is 5.56 Å². The van der Waals surface area contributed by atoms with Crippen molar-refractivity contribution in [2.24, 2.45) is 5.92 Å². The molecule has 0 aromatic carbocycles. The molecule has 0 atom stereocenters. The normalized spacial score (nSPS) is 15.4. The van der Waals surface area contributed by atoms with Crippen molar-refractivity contribution < 1.29 is 24.2 Å². The highest BCUT2D eigenvalue weighted by Gasteiger charge is 2.28. The Balaban J connectivity index is 2.27. The van der Waals surface area contributed by atoms with Crippen molar-refractivity contribution in [1.29, 1.82) is 0 Å². The Hall–Kier alpha value is -3.15. The molecule has 0 aliphatic heterocycles. The van der Waals surface area contributed by atoms with Crippen LogP contribution in [0.5, 0.6) is 0 Å². The molecule has 0 spiro atoms. The molecule has 2 aliphatic rings. The first kappa shape index (κ1) is 24.5. The Kier molecular flexibility index (Phi) is 8.26. The van der Waals surface area contributed by atoms with E-state index in [0.717, 1.165) is 35.9 Å². The molecule has 3 rings (SSSR count). The van der Waals surface area contributed by atoms with Gasteiger partial charge in [0.15, 0.2) is 6.61 Å². The predicted molar refractivity (Wildman–Crippen MR) is 128 cm³/mol. The number of aliphatic carboxylic acids is 1. The number of ether oxygens (including phenoxy) is 1. The quantitative estimate of drug-likeness (QED) is 0.435. The minimum atomic E-state index is -1.07. The lowest BCUT2D eigenvalue weighted by Gasteiger charge is -2.12. The molecule has 1 N–H and O–H groups in total. The Morgan fingerprint density at radius 1 is 1.18 bits per heavy atom. The highest BCUT2D eigenvalue weighted by molar-refractivity contribution is 6.44. The van der Waals surface area contributed by atoms with E-state index < -0.39 is 24.1 Å². The van der Waals surface area contributed by atoms with Crippen molar-refractivity contribution in [2.75, 3.05) is 6.61 Å². The van der Waals surface area contributed by atoms with Crippen LogP contribution in [-0.4, -0.2) is 33.8 Å². The van der Waals surface area contributed by atoms with Crippen LogP contribution in [0.2, 0.25) is 0 Å². The highest BCUT2D eigenvalue weighted by Crippen LogP contribution is 2.18. The number of carbonyl (C=O) groups is 3. The first-order valence-corrected chi connectivity index (χ1v) is 11.7. The van der Waals surface area contributed by atoms with Gasteiger partial charge in [-0.1, -0.05) is 57.2 Å².